The second-order valence-corrected chi connectivity index (χ2v) is 10.6. The highest BCUT2D eigenvalue weighted by atomic mass is 32.2. The molecule has 0 atom stereocenters. The van der Waals surface area contributed by atoms with Crippen LogP contribution in [0.25, 0.3) is 10.2 Å². The van der Waals surface area contributed by atoms with E-state index in [1.807, 2.05) is 30.5 Å². The number of hydrogen-bond acceptors (Lipinski definition) is 4. The number of hydrogen-bond donors (Lipinski definition) is 1. The fourth-order valence-corrected chi connectivity index (χ4v) is 5.76. The molecule has 6 nitrogen and oxygen atoms in total. The van der Waals surface area contributed by atoms with Crippen molar-refractivity contribution in [1.82, 2.24) is 4.57 Å². The lowest BCUT2D eigenvalue weighted by Gasteiger charge is -2.11. The van der Waals surface area contributed by atoms with Crippen LogP contribution < -0.4 is 9.52 Å². The molecular weight excluding hydrogens is 454 g/mol. The number of anilines is 1. The molecule has 3 aromatic carbocycles. The Morgan fingerprint density at radius 1 is 1.00 bits per heavy atom. The lowest BCUT2D eigenvalue weighted by molar-refractivity contribution is 0.0998. The zero-order chi connectivity index (χ0) is 23.6. The Balaban J connectivity index is 1.74. The molecule has 1 heterocycles. The minimum atomic E-state index is -3.85. The van der Waals surface area contributed by atoms with Crippen molar-refractivity contribution in [2.24, 2.45) is 4.99 Å². The number of fused-ring (bicyclic) bond motifs is 1. The predicted molar refractivity (Wildman–Crippen MR) is 133 cm³/mol. The molecule has 4 rings (SSSR count). The monoisotopic (exact) mass is 479 g/mol. The molecular formula is C25H25N3O3S2. The summed E-state index contributed by atoms with van der Waals surface area (Å²) >= 11 is 1.46. The third-order valence-electron chi connectivity index (χ3n) is 5.22. The van der Waals surface area contributed by atoms with Crippen LogP contribution in [0.5, 0.6) is 0 Å². The van der Waals surface area contributed by atoms with E-state index in [4.69, 9.17) is 0 Å². The first-order valence-corrected chi connectivity index (χ1v) is 13.0. The van der Waals surface area contributed by atoms with Gasteiger partial charge in [0.2, 0.25) is 0 Å². The standard InChI is InChI=1S/C25H25N3O3S2/c1-4-15-28-22-14-11-18(3)16-23(22)32-25(28)26-24(29)20-7-5-6-8-21(20)27-33(30,31)19-12-9-17(2)10-13-19/h5-14,16,27H,4,15H2,1-3H3. The molecule has 8 heteroatoms. The summed E-state index contributed by atoms with van der Waals surface area (Å²) in [7, 11) is -3.85. The molecule has 0 saturated heterocycles. The highest BCUT2D eigenvalue weighted by Gasteiger charge is 2.19. The van der Waals surface area contributed by atoms with Crippen molar-refractivity contribution in [2.75, 3.05) is 4.72 Å². The van der Waals surface area contributed by atoms with Crippen molar-refractivity contribution in [1.29, 1.82) is 0 Å². The average Bonchev–Trinajstić information content (AvgIpc) is 3.10. The maximum Gasteiger partial charge on any atom is 0.281 e. The molecule has 33 heavy (non-hydrogen) atoms. The maximum atomic E-state index is 13.2. The molecule has 4 aromatic rings. The minimum absolute atomic E-state index is 0.132. The summed E-state index contributed by atoms with van der Waals surface area (Å²) in [5.41, 5.74) is 3.53. The van der Waals surface area contributed by atoms with Gasteiger partial charge in [-0.2, -0.15) is 4.99 Å². The Morgan fingerprint density at radius 3 is 2.42 bits per heavy atom. The second-order valence-electron chi connectivity index (χ2n) is 7.89. The Bertz CT molecular complexity index is 1500. The summed E-state index contributed by atoms with van der Waals surface area (Å²) in [6.07, 6.45) is 0.897. The topological polar surface area (TPSA) is 80.5 Å². The third-order valence-corrected chi connectivity index (χ3v) is 7.64. The van der Waals surface area contributed by atoms with Gasteiger partial charge in [0.1, 0.15) is 0 Å². The van der Waals surface area contributed by atoms with E-state index in [0.717, 1.165) is 34.3 Å². The number of benzene rings is 3. The molecule has 0 aliphatic rings. The van der Waals surface area contributed by atoms with Gasteiger partial charge in [0, 0.05) is 6.54 Å². The van der Waals surface area contributed by atoms with Crippen LogP contribution in [-0.4, -0.2) is 18.9 Å². The van der Waals surface area contributed by atoms with Gasteiger partial charge in [-0.25, -0.2) is 8.42 Å². The van der Waals surface area contributed by atoms with Crippen molar-refractivity contribution in [3.05, 3.63) is 88.2 Å². The van der Waals surface area contributed by atoms with Gasteiger partial charge in [0.15, 0.2) is 4.80 Å². The van der Waals surface area contributed by atoms with Crippen molar-refractivity contribution in [2.45, 2.75) is 38.6 Å². The van der Waals surface area contributed by atoms with Crippen molar-refractivity contribution in [3.63, 3.8) is 0 Å². The van der Waals surface area contributed by atoms with Gasteiger partial charge in [-0.05, 0) is 62.2 Å². The molecule has 0 radical (unpaired) electrons. The summed E-state index contributed by atoms with van der Waals surface area (Å²) in [6.45, 7) is 6.73. The molecule has 0 bridgehead atoms. The number of carbonyl (C=O) groups is 1. The summed E-state index contributed by atoms with van der Waals surface area (Å²) in [6, 6.07) is 19.3. The van der Waals surface area contributed by atoms with Crippen LogP contribution in [-0.2, 0) is 16.6 Å². The number of aryl methyl sites for hydroxylation is 3. The van der Waals surface area contributed by atoms with Gasteiger partial charge in [0.05, 0.1) is 26.4 Å². The minimum Gasteiger partial charge on any atom is -0.316 e. The molecule has 1 aromatic heterocycles. The zero-order valence-electron chi connectivity index (χ0n) is 18.7. The number of nitrogens with zero attached hydrogens (tertiary/aromatic N) is 2. The number of aromatic nitrogens is 1. The van der Waals surface area contributed by atoms with Gasteiger partial charge >= 0.3 is 0 Å². The quantitative estimate of drug-likeness (QED) is 0.409. The van der Waals surface area contributed by atoms with Crippen LogP contribution in [0.3, 0.4) is 0 Å². The Hall–Kier alpha value is -3.23. The van der Waals surface area contributed by atoms with Crippen LogP contribution in [0, 0.1) is 13.8 Å². The predicted octanol–water partition coefficient (Wildman–Crippen LogP) is 5.27. The van der Waals surface area contributed by atoms with Crippen LogP contribution in [0.2, 0.25) is 0 Å². The molecule has 0 fully saturated rings. The molecule has 0 saturated carbocycles. The third kappa shape index (κ3) is 4.91. The number of nitrogens with one attached hydrogen (secondary N) is 1. The fourth-order valence-electron chi connectivity index (χ4n) is 3.53. The van der Waals surface area contributed by atoms with Crippen LogP contribution >= 0.6 is 11.3 Å². The maximum absolute atomic E-state index is 13.2. The zero-order valence-corrected chi connectivity index (χ0v) is 20.3. The number of sulfonamides is 1. The Labute approximate surface area is 197 Å². The summed E-state index contributed by atoms with van der Waals surface area (Å²) in [5, 5.41) is 0. The van der Waals surface area contributed by atoms with Gasteiger partial charge in [-0.1, -0.05) is 54.2 Å². The number of carbonyl (C=O) groups excluding carboxylic acids is 1. The number of amides is 1. The second kappa shape index (κ2) is 9.33. The van der Waals surface area contributed by atoms with Gasteiger partial charge in [-0.3, -0.25) is 9.52 Å². The Morgan fingerprint density at radius 2 is 1.70 bits per heavy atom. The Kier molecular flexibility index (Phi) is 6.49. The molecule has 0 aliphatic carbocycles. The molecule has 0 spiro atoms. The lowest BCUT2D eigenvalue weighted by atomic mass is 10.2. The van der Waals surface area contributed by atoms with Crippen molar-refractivity contribution >= 4 is 43.2 Å². The van der Waals surface area contributed by atoms with Crippen molar-refractivity contribution < 1.29 is 13.2 Å². The highest BCUT2D eigenvalue weighted by molar-refractivity contribution is 7.92. The van der Waals surface area contributed by atoms with E-state index >= 15 is 0 Å². The van der Waals surface area contributed by atoms with E-state index in [0.29, 0.717) is 4.80 Å². The molecule has 1 N–H and O–H groups in total. The number of rotatable bonds is 6. The van der Waals surface area contributed by atoms with E-state index in [9.17, 15) is 13.2 Å². The van der Waals surface area contributed by atoms with Gasteiger partial charge < -0.3 is 4.57 Å². The van der Waals surface area contributed by atoms with E-state index in [1.54, 1.807) is 48.5 Å². The van der Waals surface area contributed by atoms with E-state index < -0.39 is 15.9 Å². The summed E-state index contributed by atoms with van der Waals surface area (Å²) in [5.74, 6) is -0.495. The van der Waals surface area contributed by atoms with E-state index in [1.165, 1.54) is 11.3 Å². The fraction of sp³-hybridized carbons (Fsp3) is 0.200. The lowest BCUT2D eigenvalue weighted by Crippen LogP contribution is -2.18. The molecule has 1 amide bonds. The van der Waals surface area contributed by atoms with Crippen molar-refractivity contribution in [3.8, 4) is 0 Å². The first-order valence-electron chi connectivity index (χ1n) is 10.7. The first kappa shape index (κ1) is 22.9. The molecule has 0 aliphatic heterocycles. The smallest absolute Gasteiger partial charge is 0.281 e. The molecule has 0 unspecified atom stereocenters. The number of thiazole rings is 1. The highest BCUT2D eigenvalue weighted by Crippen LogP contribution is 2.22. The SMILES string of the molecule is CCCn1c(=NC(=O)c2ccccc2NS(=O)(=O)c2ccc(C)cc2)sc2cc(C)ccc21. The van der Waals surface area contributed by atoms with Crippen LogP contribution in [0.15, 0.2) is 76.6 Å². The average molecular weight is 480 g/mol. The largest absolute Gasteiger partial charge is 0.316 e. The van der Waals surface area contributed by atoms with Gasteiger partial charge in [-0.15, -0.1) is 0 Å². The number of para-hydroxylation sites is 1. The van der Waals surface area contributed by atoms with E-state index in [-0.39, 0.29) is 16.1 Å². The van der Waals surface area contributed by atoms with Gasteiger partial charge in [0.25, 0.3) is 15.9 Å². The van der Waals surface area contributed by atoms with E-state index in [2.05, 4.69) is 22.7 Å². The first-order chi connectivity index (χ1) is 15.8. The summed E-state index contributed by atoms with van der Waals surface area (Å²) < 4.78 is 31.4. The van der Waals surface area contributed by atoms with Crippen LogP contribution in [0.4, 0.5) is 5.69 Å². The summed E-state index contributed by atoms with van der Waals surface area (Å²) in [4.78, 5) is 18.3. The normalized spacial score (nSPS) is 12.3. The molecule has 170 valence electrons. The van der Waals surface area contributed by atoms with Crippen LogP contribution in [0.1, 0.15) is 34.8 Å².